The van der Waals surface area contributed by atoms with Crippen LogP contribution in [-0.4, -0.2) is 6.04 Å². The summed E-state index contributed by atoms with van der Waals surface area (Å²) in [6.45, 7) is 17.9. The first-order chi connectivity index (χ1) is 10.3. The highest BCUT2D eigenvalue weighted by atomic mass is 15.0. The third-order valence-corrected chi connectivity index (χ3v) is 4.40. The van der Waals surface area contributed by atoms with Gasteiger partial charge >= 0.3 is 0 Å². The van der Waals surface area contributed by atoms with E-state index in [9.17, 15) is 0 Å². The van der Waals surface area contributed by atoms with Crippen LogP contribution >= 0.6 is 0 Å². The van der Waals surface area contributed by atoms with Crippen molar-refractivity contribution in [1.29, 1.82) is 0 Å². The monoisotopic (exact) mass is 301 g/mol. The van der Waals surface area contributed by atoms with Gasteiger partial charge in [0, 0.05) is 12.1 Å². The molecule has 1 rings (SSSR count). The van der Waals surface area contributed by atoms with Crippen LogP contribution in [0.25, 0.3) is 0 Å². The van der Waals surface area contributed by atoms with Gasteiger partial charge in [-0.25, -0.2) is 0 Å². The Labute approximate surface area is 138 Å². The predicted molar refractivity (Wildman–Crippen MR) is 99.1 cm³/mol. The van der Waals surface area contributed by atoms with Gasteiger partial charge in [-0.3, -0.25) is 0 Å². The zero-order valence-electron chi connectivity index (χ0n) is 15.4. The fraction of sp³-hybridized carbons (Fsp3) is 0.619. The van der Waals surface area contributed by atoms with Crippen molar-refractivity contribution < 1.29 is 0 Å². The summed E-state index contributed by atoms with van der Waals surface area (Å²) in [5.74, 6) is 0.647. The molecule has 1 nitrogen and oxygen atoms in total. The predicted octanol–water partition coefficient (Wildman–Crippen LogP) is 6.13. The van der Waals surface area contributed by atoms with Gasteiger partial charge in [-0.1, -0.05) is 70.0 Å². The minimum Gasteiger partial charge on any atom is -0.307 e. The summed E-state index contributed by atoms with van der Waals surface area (Å²) in [4.78, 5) is 0. The maximum absolute atomic E-state index is 4.15. The molecule has 1 unspecified atom stereocenters. The highest BCUT2D eigenvalue weighted by Gasteiger charge is 2.32. The number of nitrogens with one attached hydrogen (secondary N) is 1. The second-order valence-electron chi connectivity index (χ2n) is 7.85. The molecule has 0 saturated carbocycles. The molecule has 0 aromatic heterocycles. The fourth-order valence-corrected chi connectivity index (χ4v) is 3.41. The molecule has 0 radical (unpaired) electrons. The Balaban J connectivity index is 2.94. The largest absolute Gasteiger partial charge is 0.307 e. The lowest BCUT2D eigenvalue weighted by Gasteiger charge is -2.40. The smallest absolute Gasteiger partial charge is 0.0294 e. The van der Waals surface area contributed by atoms with Crippen LogP contribution in [0.1, 0.15) is 72.4 Å². The number of hydrogen-bond donors (Lipinski definition) is 1. The van der Waals surface area contributed by atoms with Crippen LogP contribution in [0.15, 0.2) is 42.5 Å². The first kappa shape index (κ1) is 19.0. The van der Waals surface area contributed by atoms with Crippen molar-refractivity contribution in [1.82, 2.24) is 5.32 Å². The van der Waals surface area contributed by atoms with Crippen molar-refractivity contribution in [2.45, 2.75) is 72.9 Å². The van der Waals surface area contributed by atoms with Crippen LogP contribution in [0.2, 0.25) is 0 Å². The molecule has 1 aromatic rings. The zero-order valence-corrected chi connectivity index (χ0v) is 15.4. The molecule has 0 spiro atoms. The number of benzene rings is 1. The third kappa shape index (κ3) is 5.96. The van der Waals surface area contributed by atoms with E-state index in [1.807, 2.05) is 0 Å². The Bertz CT molecular complexity index is 441. The van der Waals surface area contributed by atoms with E-state index < -0.39 is 0 Å². The van der Waals surface area contributed by atoms with Gasteiger partial charge in [0.05, 0.1) is 0 Å². The van der Waals surface area contributed by atoms with Gasteiger partial charge in [0.15, 0.2) is 0 Å². The molecular formula is C21H35N. The van der Waals surface area contributed by atoms with Crippen LogP contribution in [0, 0.1) is 11.3 Å². The minimum atomic E-state index is 0.234. The molecule has 0 aliphatic heterocycles. The molecule has 0 saturated heterocycles. The summed E-state index contributed by atoms with van der Waals surface area (Å²) in [7, 11) is 0. The molecule has 124 valence electrons. The lowest BCUT2D eigenvalue weighted by molar-refractivity contribution is 0.169. The van der Waals surface area contributed by atoms with Crippen molar-refractivity contribution in [2.24, 2.45) is 11.3 Å². The summed E-state index contributed by atoms with van der Waals surface area (Å²) >= 11 is 0. The SMILES string of the molecule is C=C(C)CC(CCC)[C@@H](N[C@H](C)c1ccccc1)C(C)(C)C. The van der Waals surface area contributed by atoms with Crippen molar-refractivity contribution >= 4 is 0 Å². The van der Waals surface area contributed by atoms with E-state index in [2.05, 4.69) is 83.8 Å². The van der Waals surface area contributed by atoms with Crippen LogP contribution < -0.4 is 5.32 Å². The second-order valence-corrected chi connectivity index (χ2v) is 7.85. The molecule has 1 N–H and O–H groups in total. The summed E-state index contributed by atoms with van der Waals surface area (Å²) in [5.41, 5.74) is 2.89. The highest BCUT2D eigenvalue weighted by Crippen LogP contribution is 2.33. The number of allylic oxidation sites excluding steroid dienone is 1. The van der Waals surface area contributed by atoms with E-state index in [1.54, 1.807) is 0 Å². The van der Waals surface area contributed by atoms with Crippen LogP contribution in [-0.2, 0) is 0 Å². The molecule has 1 heteroatoms. The summed E-state index contributed by atoms with van der Waals surface area (Å²) in [6.07, 6.45) is 3.60. The molecule has 0 aliphatic carbocycles. The Kier molecular flexibility index (Phi) is 7.35. The number of rotatable bonds is 8. The average molecular weight is 302 g/mol. The third-order valence-electron chi connectivity index (χ3n) is 4.40. The van der Waals surface area contributed by atoms with E-state index in [4.69, 9.17) is 0 Å². The fourth-order valence-electron chi connectivity index (χ4n) is 3.41. The highest BCUT2D eigenvalue weighted by molar-refractivity contribution is 5.18. The van der Waals surface area contributed by atoms with E-state index in [1.165, 1.54) is 24.0 Å². The topological polar surface area (TPSA) is 12.0 Å². The Hall–Kier alpha value is -1.08. The molecular weight excluding hydrogens is 266 g/mol. The number of hydrogen-bond acceptors (Lipinski definition) is 1. The van der Waals surface area contributed by atoms with E-state index in [0.29, 0.717) is 18.0 Å². The van der Waals surface area contributed by atoms with Crippen molar-refractivity contribution in [3.63, 3.8) is 0 Å². The van der Waals surface area contributed by atoms with E-state index in [-0.39, 0.29) is 5.41 Å². The van der Waals surface area contributed by atoms with Gasteiger partial charge in [-0.2, -0.15) is 0 Å². The van der Waals surface area contributed by atoms with Crippen molar-refractivity contribution in [2.75, 3.05) is 0 Å². The summed E-state index contributed by atoms with van der Waals surface area (Å²) < 4.78 is 0. The molecule has 22 heavy (non-hydrogen) atoms. The van der Waals surface area contributed by atoms with Crippen molar-refractivity contribution in [3.05, 3.63) is 48.0 Å². The first-order valence-corrected chi connectivity index (χ1v) is 8.71. The molecule has 0 fully saturated rings. The van der Waals surface area contributed by atoms with E-state index >= 15 is 0 Å². The van der Waals surface area contributed by atoms with E-state index in [0.717, 1.165) is 6.42 Å². The van der Waals surface area contributed by atoms with Gasteiger partial charge in [0.25, 0.3) is 0 Å². The first-order valence-electron chi connectivity index (χ1n) is 8.71. The zero-order chi connectivity index (χ0) is 16.8. The molecule has 0 heterocycles. The van der Waals surface area contributed by atoms with Gasteiger partial charge in [0.1, 0.15) is 0 Å². The maximum atomic E-state index is 4.15. The summed E-state index contributed by atoms with van der Waals surface area (Å²) in [5, 5.41) is 3.92. The Morgan fingerprint density at radius 3 is 2.23 bits per heavy atom. The van der Waals surface area contributed by atoms with Gasteiger partial charge < -0.3 is 5.32 Å². The molecule has 0 bridgehead atoms. The van der Waals surface area contributed by atoms with Gasteiger partial charge in [0.2, 0.25) is 0 Å². The lowest BCUT2D eigenvalue weighted by atomic mass is 9.74. The Morgan fingerprint density at radius 1 is 1.18 bits per heavy atom. The maximum Gasteiger partial charge on any atom is 0.0294 e. The Morgan fingerprint density at radius 2 is 1.77 bits per heavy atom. The van der Waals surface area contributed by atoms with Crippen LogP contribution in [0.3, 0.4) is 0 Å². The second kappa shape index (κ2) is 8.53. The van der Waals surface area contributed by atoms with Crippen molar-refractivity contribution in [3.8, 4) is 0 Å². The normalized spacial score (nSPS) is 16.1. The minimum absolute atomic E-state index is 0.234. The molecule has 0 aliphatic rings. The lowest BCUT2D eigenvalue weighted by Crippen LogP contribution is -2.47. The van der Waals surface area contributed by atoms with Gasteiger partial charge in [-0.15, -0.1) is 6.58 Å². The average Bonchev–Trinajstić information content (AvgIpc) is 2.43. The molecule has 1 aromatic carbocycles. The van der Waals surface area contributed by atoms with Gasteiger partial charge in [-0.05, 0) is 43.6 Å². The molecule has 3 atom stereocenters. The van der Waals surface area contributed by atoms with Crippen LogP contribution in [0.4, 0.5) is 0 Å². The summed E-state index contributed by atoms with van der Waals surface area (Å²) in [6, 6.07) is 11.6. The van der Waals surface area contributed by atoms with Crippen LogP contribution in [0.5, 0.6) is 0 Å². The standard InChI is InChI=1S/C21H35N/c1-8-12-19(15-16(2)3)20(21(5,6)7)22-17(4)18-13-10-9-11-14-18/h9-11,13-14,17,19-20,22H,2,8,12,15H2,1,3-7H3/t17-,19?,20-/m1/s1. The molecule has 0 amide bonds. The quantitative estimate of drug-likeness (QED) is 0.569.